The summed E-state index contributed by atoms with van der Waals surface area (Å²) in [4.78, 5) is 24.5. The second kappa shape index (κ2) is 15.3. The first-order chi connectivity index (χ1) is 28.3. The van der Waals surface area contributed by atoms with Gasteiger partial charge in [-0.1, -0.05) is 27.7 Å². The molecule has 5 aliphatic carbocycles. The molecule has 0 radical (unpaired) electrons. The number of esters is 2. The molecule has 8 fully saturated rings. The van der Waals surface area contributed by atoms with Gasteiger partial charge in [0.2, 0.25) is 0 Å². The van der Waals surface area contributed by atoms with Gasteiger partial charge in [0, 0.05) is 19.8 Å². The first-order valence-corrected chi connectivity index (χ1v) is 22.6. The third kappa shape index (κ3) is 6.89. The van der Waals surface area contributed by atoms with Gasteiger partial charge in [0.1, 0.15) is 30.5 Å². The first-order valence-electron chi connectivity index (χ1n) is 22.6. The van der Waals surface area contributed by atoms with E-state index in [1.54, 1.807) is 13.8 Å². The van der Waals surface area contributed by atoms with Crippen LogP contribution in [0.3, 0.4) is 0 Å². The van der Waals surface area contributed by atoms with E-state index >= 15 is 0 Å². The number of ether oxygens (including phenoxy) is 7. The molecule has 0 aromatic rings. The van der Waals surface area contributed by atoms with Crippen molar-refractivity contribution < 1.29 is 78.5 Å². The molecule has 3 saturated heterocycles. The van der Waals surface area contributed by atoms with E-state index < -0.39 is 109 Å². The summed E-state index contributed by atoms with van der Waals surface area (Å²) in [5.41, 5.74) is -3.46. The molecular formula is C45H72O16. The Morgan fingerprint density at radius 2 is 1.43 bits per heavy atom. The van der Waals surface area contributed by atoms with E-state index in [0.717, 1.165) is 32.1 Å². The summed E-state index contributed by atoms with van der Waals surface area (Å²) >= 11 is 0. The van der Waals surface area contributed by atoms with Crippen LogP contribution in [0.4, 0.5) is 0 Å². The fraction of sp³-hybridized carbons (Fsp3) is 0.956. The van der Waals surface area contributed by atoms with Crippen molar-refractivity contribution in [2.75, 3.05) is 13.2 Å². The van der Waals surface area contributed by atoms with Crippen LogP contribution in [0.25, 0.3) is 0 Å². The molecule has 348 valence electrons. The average molecular weight is 869 g/mol. The summed E-state index contributed by atoms with van der Waals surface area (Å²) in [6.45, 7) is 16.1. The Morgan fingerprint density at radius 3 is 2.05 bits per heavy atom. The molecule has 7 N–H and O–H groups in total. The number of carbonyl (C=O) groups excluding carboxylic acids is 2. The highest BCUT2D eigenvalue weighted by molar-refractivity contribution is 5.67. The van der Waals surface area contributed by atoms with E-state index in [2.05, 4.69) is 34.6 Å². The van der Waals surface area contributed by atoms with Crippen LogP contribution in [-0.2, 0) is 42.7 Å². The summed E-state index contributed by atoms with van der Waals surface area (Å²) in [6, 6.07) is 0. The molecular weight excluding hydrogens is 796 g/mol. The lowest BCUT2D eigenvalue weighted by Crippen LogP contribution is -2.65. The molecule has 61 heavy (non-hydrogen) atoms. The Balaban J connectivity index is 1.15. The summed E-state index contributed by atoms with van der Waals surface area (Å²) in [6.07, 6.45) is -7.80. The fourth-order valence-corrected chi connectivity index (χ4v) is 15.5. The van der Waals surface area contributed by atoms with Crippen molar-refractivity contribution in [1.29, 1.82) is 0 Å². The maximum atomic E-state index is 12.4. The van der Waals surface area contributed by atoms with Crippen LogP contribution in [0, 0.1) is 44.8 Å². The van der Waals surface area contributed by atoms with Gasteiger partial charge >= 0.3 is 11.9 Å². The Hall–Kier alpha value is -1.54. The number of fused-ring (bicyclic) bond motifs is 2. The Labute approximate surface area is 358 Å². The quantitative estimate of drug-likeness (QED) is 0.129. The molecule has 3 aliphatic heterocycles. The predicted molar refractivity (Wildman–Crippen MR) is 213 cm³/mol. The van der Waals surface area contributed by atoms with E-state index in [0.29, 0.717) is 25.7 Å². The molecule has 0 unspecified atom stereocenters. The minimum absolute atomic E-state index is 0.0638. The van der Waals surface area contributed by atoms with Crippen molar-refractivity contribution in [3.63, 3.8) is 0 Å². The van der Waals surface area contributed by atoms with Crippen LogP contribution in [-0.4, -0.2) is 152 Å². The number of aliphatic hydroxyl groups excluding tert-OH is 6. The highest BCUT2D eigenvalue weighted by Crippen LogP contribution is 2.89. The zero-order chi connectivity index (χ0) is 44.6. The highest BCUT2D eigenvalue weighted by Gasteiger charge is 2.85. The van der Waals surface area contributed by atoms with Crippen LogP contribution in [0.15, 0.2) is 0 Å². The van der Waals surface area contributed by atoms with Gasteiger partial charge in [-0.2, -0.15) is 0 Å². The number of rotatable bonds is 9. The van der Waals surface area contributed by atoms with Crippen LogP contribution in [0.2, 0.25) is 0 Å². The summed E-state index contributed by atoms with van der Waals surface area (Å²) in [5.74, 6) is -1.67. The zero-order valence-corrected chi connectivity index (χ0v) is 37.3. The van der Waals surface area contributed by atoms with E-state index in [9.17, 15) is 45.3 Å². The number of hydrogen-bond acceptors (Lipinski definition) is 16. The molecule has 16 heteroatoms. The molecule has 3 heterocycles. The molecule has 0 bridgehead atoms. The maximum Gasteiger partial charge on any atom is 0.303 e. The van der Waals surface area contributed by atoms with Gasteiger partial charge in [-0.05, 0) is 117 Å². The third-order valence-corrected chi connectivity index (χ3v) is 18.2. The van der Waals surface area contributed by atoms with E-state index in [1.165, 1.54) is 13.8 Å². The third-order valence-electron chi connectivity index (χ3n) is 18.2. The highest BCUT2D eigenvalue weighted by atomic mass is 16.7. The van der Waals surface area contributed by atoms with E-state index in [1.807, 2.05) is 0 Å². The molecule has 16 nitrogen and oxygen atoms in total. The molecule has 0 aromatic carbocycles. The summed E-state index contributed by atoms with van der Waals surface area (Å²) in [7, 11) is 0. The number of hydrogen-bond donors (Lipinski definition) is 7. The van der Waals surface area contributed by atoms with Crippen molar-refractivity contribution in [3.8, 4) is 0 Å². The molecule has 8 rings (SSSR count). The zero-order valence-electron chi connectivity index (χ0n) is 37.3. The topological polar surface area (TPSA) is 240 Å². The smallest absolute Gasteiger partial charge is 0.303 e. The van der Waals surface area contributed by atoms with Gasteiger partial charge < -0.3 is 68.9 Å². The standard InChI is InChI=1S/C45H72O16/c1-21(47)56-33-24(50)19-55-38(34(33)57-22(2)48)60-28-11-13-45-20-44(45)15-14-41(7)35(43(9)12-10-29(61-43)40(5,6)54)23(49)17-42(41,8)27(44)16-25(36(45)39(28,3)4)58-37-32(53)31(52)30(51)26(18-46)59-37/h23-38,46,49-54H,10-20H2,1-9H3/t23-,24-,25+,26-,27+,28+,29+,30-,31+,32+,33-,34-,35-,36-,37-,38+,41-,42+,43+,44+,45-/m1/s1. The minimum atomic E-state index is -1.63. The van der Waals surface area contributed by atoms with Gasteiger partial charge in [0.25, 0.3) is 0 Å². The summed E-state index contributed by atoms with van der Waals surface area (Å²) < 4.78 is 43.6. The lowest BCUT2D eigenvalue weighted by atomic mass is 9.41. The first kappa shape index (κ1) is 46.0. The lowest BCUT2D eigenvalue weighted by molar-refractivity contribution is -0.339. The van der Waals surface area contributed by atoms with E-state index in [-0.39, 0.29) is 52.1 Å². The van der Waals surface area contributed by atoms with Gasteiger partial charge in [-0.3, -0.25) is 9.59 Å². The van der Waals surface area contributed by atoms with Gasteiger partial charge in [-0.15, -0.1) is 0 Å². The average Bonchev–Trinajstić information content (AvgIpc) is 3.52. The van der Waals surface area contributed by atoms with Crippen molar-refractivity contribution in [2.24, 2.45) is 44.8 Å². The van der Waals surface area contributed by atoms with Crippen LogP contribution in [0.1, 0.15) is 120 Å². The van der Waals surface area contributed by atoms with Gasteiger partial charge in [-0.25, -0.2) is 0 Å². The largest absolute Gasteiger partial charge is 0.455 e. The van der Waals surface area contributed by atoms with Crippen molar-refractivity contribution >= 4 is 11.9 Å². The Kier molecular flexibility index (Phi) is 11.5. The van der Waals surface area contributed by atoms with Crippen molar-refractivity contribution in [3.05, 3.63) is 0 Å². The second-order valence-electron chi connectivity index (χ2n) is 22.2. The maximum absolute atomic E-state index is 12.4. The predicted octanol–water partition coefficient (Wildman–Crippen LogP) is 1.87. The van der Waals surface area contributed by atoms with Crippen LogP contribution < -0.4 is 0 Å². The van der Waals surface area contributed by atoms with Crippen LogP contribution in [0.5, 0.6) is 0 Å². The minimum Gasteiger partial charge on any atom is -0.455 e. The number of aliphatic hydroxyl groups is 7. The number of carbonyl (C=O) groups is 2. The molecule has 8 aliphatic rings. The SMILES string of the molecule is CC(=O)O[C@H]1[C@H](O[C@H]2CC[C@]34C[C@]35CC[C@]3(C)[C@H]([C@]6(C)CC[C@@H](C(C)(C)O)O6)[C@H](O)C[C@@]3(C)[C@@H]5C[C@H](O[C@@H]3O[C@H](CO)[C@@H](O)[C@H](O)[C@@H]3O)[C@@H]4C2(C)C)OC[C@@H](O)[C@H]1OC(C)=O. The van der Waals surface area contributed by atoms with Gasteiger partial charge in [0.05, 0.1) is 48.8 Å². The van der Waals surface area contributed by atoms with E-state index in [4.69, 9.17) is 33.2 Å². The second-order valence-corrected chi connectivity index (χ2v) is 22.2. The molecule has 2 spiro atoms. The monoisotopic (exact) mass is 868 g/mol. The Morgan fingerprint density at radius 1 is 0.754 bits per heavy atom. The van der Waals surface area contributed by atoms with Crippen molar-refractivity contribution in [2.45, 2.75) is 211 Å². The lowest BCUT2D eigenvalue weighted by Gasteiger charge is -2.65. The molecule has 21 atom stereocenters. The molecule has 0 amide bonds. The molecule has 0 aromatic heterocycles. The molecule has 5 saturated carbocycles. The van der Waals surface area contributed by atoms with Crippen molar-refractivity contribution in [1.82, 2.24) is 0 Å². The fourth-order valence-electron chi connectivity index (χ4n) is 15.5. The van der Waals surface area contributed by atoms with Gasteiger partial charge in [0.15, 0.2) is 24.8 Å². The Bertz CT molecular complexity index is 1680. The van der Waals surface area contributed by atoms with Crippen LogP contribution >= 0.6 is 0 Å². The summed E-state index contributed by atoms with van der Waals surface area (Å²) in [5, 5.41) is 77.1. The normalized spacial score (nSPS) is 53.8.